The zero-order valence-corrected chi connectivity index (χ0v) is 8.91. The highest BCUT2D eigenvalue weighted by atomic mass is 19.1. The lowest BCUT2D eigenvalue weighted by atomic mass is 10.1. The molecule has 0 bridgehead atoms. The van der Waals surface area contributed by atoms with Crippen LogP contribution in [-0.2, 0) is 0 Å². The fourth-order valence-corrected chi connectivity index (χ4v) is 2.09. The summed E-state index contributed by atoms with van der Waals surface area (Å²) in [4.78, 5) is 6.11. The van der Waals surface area contributed by atoms with Crippen LogP contribution in [0.2, 0.25) is 0 Å². The van der Waals surface area contributed by atoms with E-state index in [0.717, 1.165) is 26.1 Å². The van der Waals surface area contributed by atoms with E-state index in [9.17, 15) is 4.39 Å². The third-order valence-electron chi connectivity index (χ3n) is 2.82. The molecule has 82 valence electrons. The summed E-state index contributed by atoms with van der Waals surface area (Å²) in [6.07, 6.45) is 2.75. The Labute approximate surface area is 89.3 Å². The molecule has 3 nitrogen and oxygen atoms in total. The molecule has 1 aromatic heterocycles. The monoisotopic (exact) mass is 209 g/mol. The summed E-state index contributed by atoms with van der Waals surface area (Å²) < 4.78 is 13.4. The van der Waals surface area contributed by atoms with Gasteiger partial charge in [-0.25, -0.2) is 9.37 Å². The standard InChI is InChI=1S/C11H16FN3/c1-13-7-9-4-6-15(8-9)11-10(12)3-2-5-14-11/h2-3,5,9,13H,4,6-8H2,1H3. The Bertz CT molecular complexity index is 329. The normalized spacial score (nSPS) is 20.9. The van der Waals surface area contributed by atoms with Crippen LogP contribution in [0.3, 0.4) is 0 Å². The van der Waals surface area contributed by atoms with Gasteiger partial charge in [-0.05, 0) is 38.1 Å². The van der Waals surface area contributed by atoms with E-state index < -0.39 is 0 Å². The van der Waals surface area contributed by atoms with Gasteiger partial charge < -0.3 is 10.2 Å². The zero-order valence-electron chi connectivity index (χ0n) is 8.91. The van der Waals surface area contributed by atoms with Crippen LogP contribution in [0.4, 0.5) is 10.2 Å². The van der Waals surface area contributed by atoms with Gasteiger partial charge in [0.2, 0.25) is 0 Å². The van der Waals surface area contributed by atoms with Crippen molar-refractivity contribution in [2.24, 2.45) is 5.92 Å². The third kappa shape index (κ3) is 2.26. The number of hydrogen-bond acceptors (Lipinski definition) is 3. The Morgan fingerprint density at radius 1 is 1.67 bits per heavy atom. The van der Waals surface area contributed by atoms with E-state index in [1.54, 1.807) is 12.3 Å². The van der Waals surface area contributed by atoms with Crippen LogP contribution in [0.25, 0.3) is 0 Å². The van der Waals surface area contributed by atoms with E-state index in [4.69, 9.17) is 0 Å². The maximum absolute atomic E-state index is 13.4. The lowest BCUT2D eigenvalue weighted by Crippen LogP contribution is -2.25. The second-order valence-corrected chi connectivity index (χ2v) is 3.97. The molecule has 0 aromatic carbocycles. The fraction of sp³-hybridized carbons (Fsp3) is 0.545. The first kappa shape index (κ1) is 10.4. The Morgan fingerprint density at radius 2 is 2.53 bits per heavy atom. The van der Waals surface area contributed by atoms with Crippen LogP contribution in [0.1, 0.15) is 6.42 Å². The van der Waals surface area contributed by atoms with Crippen LogP contribution >= 0.6 is 0 Å². The van der Waals surface area contributed by atoms with Gasteiger partial charge in [0.15, 0.2) is 11.6 Å². The lowest BCUT2D eigenvalue weighted by molar-refractivity contribution is 0.547. The number of rotatable bonds is 3. The topological polar surface area (TPSA) is 28.2 Å². The van der Waals surface area contributed by atoms with Crippen LogP contribution in [0.15, 0.2) is 18.3 Å². The first-order valence-corrected chi connectivity index (χ1v) is 5.31. The van der Waals surface area contributed by atoms with Crippen molar-refractivity contribution in [2.75, 3.05) is 31.6 Å². The molecular formula is C11H16FN3. The minimum Gasteiger partial charge on any atom is -0.354 e. The number of halogens is 1. The average Bonchev–Trinajstić information content (AvgIpc) is 2.68. The molecule has 1 aliphatic heterocycles. The number of nitrogens with one attached hydrogen (secondary N) is 1. The predicted molar refractivity (Wildman–Crippen MR) is 58.4 cm³/mol. The van der Waals surface area contributed by atoms with Crippen molar-refractivity contribution < 1.29 is 4.39 Å². The molecule has 0 amide bonds. The smallest absolute Gasteiger partial charge is 0.165 e. The van der Waals surface area contributed by atoms with Crippen molar-refractivity contribution in [1.82, 2.24) is 10.3 Å². The molecule has 1 fully saturated rings. The molecule has 0 aliphatic carbocycles. The van der Waals surface area contributed by atoms with E-state index in [2.05, 4.69) is 10.3 Å². The van der Waals surface area contributed by atoms with E-state index in [1.165, 1.54) is 6.07 Å². The molecule has 1 aliphatic rings. The molecule has 1 aromatic rings. The van der Waals surface area contributed by atoms with E-state index >= 15 is 0 Å². The number of hydrogen-bond donors (Lipinski definition) is 1. The second-order valence-electron chi connectivity index (χ2n) is 3.97. The first-order valence-electron chi connectivity index (χ1n) is 5.31. The van der Waals surface area contributed by atoms with E-state index in [-0.39, 0.29) is 5.82 Å². The van der Waals surface area contributed by atoms with Crippen molar-refractivity contribution in [3.05, 3.63) is 24.1 Å². The molecule has 4 heteroatoms. The van der Waals surface area contributed by atoms with Gasteiger partial charge in [-0.3, -0.25) is 0 Å². The van der Waals surface area contributed by atoms with Gasteiger partial charge in [0, 0.05) is 19.3 Å². The molecule has 2 rings (SSSR count). The maximum Gasteiger partial charge on any atom is 0.165 e. The average molecular weight is 209 g/mol. The summed E-state index contributed by atoms with van der Waals surface area (Å²) in [5.41, 5.74) is 0. The van der Waals surface area contributed by atoms with Gasteiger partial charge >= 0.3 is 0 Å². The van der Waals surface area contributed by atoms with E-state index in [0.29, 0.717) is 11.7 Å². The molecule has 0 radical (unpaired) electrons. The molecule has 0 spiro atoms. The highest BCUT2D eigenvalue weighted by molar-refractivity contribution is 5.40. The Balaban J connectivity index is 2.04. The molecule has 2 heterocycles. The Morgan fingerprint density at radius 3 is 3.27 bits per heavy atom. The fourth-order valence-electron chi connectivity index (χ4n) is 2.09. The summed E-state index contributed by atoms with van der Waals surface area (Å²) in [6.45, 7) is 2.79. The van der Waals surface area contributed by atoms with E-state index in [1.807, 2.05) is 11.9 Å². The summed E-state index contributed by atoms with van der Waals surface area (Å²) in [5.74, 6) is 0.884. The summed E-state index contributed by atoms with van der Waals surface area (Å²) in [5, 5.41) is 3.16. The molecule has 1 saturated heterocycles. The van der Waals surface area contributed by atoms with Crippen molar-refractivity contribution in [1.29, 1.82) is 0 Å². The first-order chi connectivity index (χ1) is 7.31. The Kier molecular flexibility index (Phi) is 3.16. The minimum absolute atomic E-state index is 0.220. The SMILES string of the molecule is CNCC1CCN(c2ncccc2F)C1. The van der Waals surface area contributed by atoms with Crippen LogP contribution in [0, 0.1) is 11.7 Å². The van der Waals surface area contributed by atoms with Gasteiger partial charge in [0.25, 0.3) is 0 Å². The van der Waals surface area contributed by atoms with Gasteiger partial charge in [0.1, 0.15) is 0 Å². The number of pyridine rings is 1. The number of aromatic nitrogens is 1. The van der Waals surface area contributed by atoms with Crippen molar-refractivity contribution >= 4 is 5.82 Å². The van der Waals surface area contributed by atoms with Crippen LogP contribution < -0.4 is 10.2 Å². The number of anilines is 1. The van der Waals surface area contributed by atoms with Crippen molar-refractivity contribution in [3.63, 3.8) is 0 Å². The summed E-state index contributed by atoms with van der Waals surface area (Å²) in [6, 6.07) is 3.09. The Hall–Kier alpha value is -1.16. The highest BCUT2D eigenvalue weighted by Gasteiger charge is 2.24. The van der Waals surface area contributed by atoms with Gasteiger partial charge in [-0.15, -0.1) is 0 Å². The zero-order chi connectivity index (χ0) is 10.7. The molecule has 1 N–H and O–H groups in total. The van der Waals surface area contributed by atoms with Crippen LogP contribution in [-0.4, -0.2) is 31.7 Å². The molecular weight excluding hydrogens is 193 g/mol. The molecule has 15 heavy (non-hydrogen) atoms. The predicted octanol–water partition coefficient (Wildman–Crippen LogP) is 1.27. The van der Waals surface area contributed by atoms with Gasteiger partial charge in [-0.1, -0.05) is 0 Å². The number of nitrogens with zero attached hydrogens (tertiary/aromatic N) is 2. The summed E-state index contributed by atoms with van der Waals surface area (Å²) in [7, 11) is 1.95. The maximum atomic E-state index is 13.4. The summed E-state index contributed by atoms with van der Waals surface area (Å²) >= 11 is 0. The minimum atomic E-state index is -0.220. The highest BCUT2D eigenvalue weighted by Crippen LogP contribution is 2.23. The van der Waals surface area contributed by atoms with Crippen LogP contribution in [0.5, 0.6) is 0 Å². The van der Waals surface area contributed by atoms with Crippen molar-refractivity contribution in [2.45, 2.75) is 6.42 Å². The second kappa shape index (κ2) is 4.57. The molecule has 1 unspecified atom stereocenters. The largest absolute Gasteiger partial charge is 0.354 e. The van der Waals surface area contributed by atoms with Crippen molar-refractivity contribution in [3.8, 4) is 0 Å². The lowest BCUT2D eigenvalue weighted by Gasteiger charge is -2.17. The molecule has 1 atom stereocenters. The molecule has 0 saturated carbocycles. The van der Waals surface area contributed by atoms with Gasteiger partial charge in [-0.2, -0.15) is 0 Å². The van der Waals surface area contributed by atoms with Gasteiger partial charge in [0.05, 0.1) is 0 Å². The third-order valence-corrected chi connectivity index (χ3v) is 2.82. The quantitative estimate of drug-likeness (QED) is 0.812.